The van der Waals surface area contributed by atoms with E-state index < -0.39 is 17.8 Å². The second kappa shape index (κ2) is 6.12. The molecule has 6 nitrogen and oxygen atoms in total. The molecule has 7 heteroatoms. The van der Waals surface area contributed by atoms with Crippen molar-refractivity contribution in [3.05, 3.63) is 28.2 Å². The fraction of sp³-hybridized carbons (Fsp3) is 0.500. The van der Waals surface area contributed by atoms with Crippen LogP contribution in [-0.2, 0) is 23.9 Å². The van der Waals surface area contributed by atoms with Gasteiger partial charge in [-0.2, -0.15) is 0 Å². The van der Waals surface area contributed by atoms with Gasteiger partial charge < -0.3 is 14.8 Å². The maximum Gasteiger partial charge on any atom is 0.310 e. The first-order chi connectivity index (χ1) is 11.9. The summed E-state index contributed by atoms with van der Waals surface area (Å²) in [5.74, 6) is -1.70. The van der Waals surface area contributed by atoms with Crippen LogP contribution >= 0.6 is 15.9 Å². The van der Waals surface area contributed by atoms with Crippen molar-refractivity contribution in [3.8, 4) is 0 Å². The Hall–Kier alpha value is -1.89. The molecule has 1 aliphatic heterocycles. The minimum Gasteiger partial charge on any atom is -0.462 e. The summed E-state index contributed by atoms with van der Waals surface area (Å²) in [6.07, 6.45) is 1.55. The van der Waals surface area contributed by atoms with Crippen molar-refractivity contribution in [2.24, 2.45) is 23.7 Å². The molecule has 2 saturated carbocycles. The Kier molecular flexibility index (Phi) is 4.06. The Balaban J connectivity index is 1.34. The second-order valence-corrected chi connectivity index (χ2v) is 7.95. The summed E-state index contributed by atoms with van der Waals surface area (Å²) in [4.78, 5) is 36.4. The number of nitrogens with one attached hydrogen (secondary N) is 1. The lowest BCUT2D eigenvalue weighted by molar-refractivity contribution is -0.157. The Bertz CT molecular complexity index is 762. The van der Waals surface area contributed by atoms with E-state index in [1.54, 1.807) is 6.07 Å². The molecule has 1 heterocycles. The lowest BCUT2D eigenvalue weighted by Gasteiger charge is -2.22. The van der Waals surface area contributed by atoms with E-state index >= 15 is 0 Å². The Morgan fingerprint density at radius 2 is 2.16 bits per heavy atom. The number of benzene rings is 1. The summed E-state index contributed by atoms with van der Waals surface area (Å²) in [5, 5.41) is 2.73. The Morgan fingerprint density at radius 1 is 1.36 bits per heavy atom. The van der Waals surface area contributed by atoms with Gasteiger partial charge in [0.2, 0.25) is 0 Å². The fourth-order valence-corrected chi connectivity index (χ4v) is 4.99. The van der Waals surface area contributed by atoms with Crippen molar-refractivity contribution in [2.45, 2.75) is 25.9 Å². The van der Waals surface area contributed by atoms with Gasteiger partial charge in [-0.25, -0.2) is 0 Å². The van der Waals surface area contributed by atoms with Gasteiger partial charge in [-0.15, -0.1) is 0 Å². The zero-order valence-corrected chi connectivity index (χ0v) is 15.2. The van der Waals surface area contributed by atoms with Gasteiger partial charge in [-0.1, -0.05) is 15.9 Å². The number of anilines is 1. The molecular formula is C18H18BrNO5. The van der Waals surface area contributed by atoms with Crippen LogP contribution in [0.5, 0.6) is 0 Å². The van der Waals surface area contributed by atoms with Crippen molar-refractivity contribution in [1.82, 2.24) is 0 Å². The lowest BCUT2D eigenvalue weighted by atomic mass is 9.80. The minimum absolute atomic E-state index is 0.0183. The van der Waals surface area contributed by atoms with Gasteiger partial charge in [-0.3, -0.25) is 14.4 Å². The summed E-state index contributed by atoms with van der Waals surface area (Å²) in [6.45, 7) is 1.52. The van der Waals surface area contributed by atoms with Crippen molar-refractivity contribution < 1.29 is 23.9 Å². The smallest absolute Gasteiger partial charge is 0.310 e. The third-order valence-electron chi connectivity index (χ3n) is 5.56. The zero-order chi connectivity index (χ0) is 17.7. The molecule has 1 N–H and O–H groups in total. The summed E-state index contributed by atoms with van der Waals surface area (Å²) >= 11 is 3.37. The molecule has 0 unspecified atom stereocenters. The second-order valence-electron chi connectivity index (χ2n) is 7.04. The number of ether oxygens (including phenoxy) is 2. The molecule has 0 spiro atoms. The summed E-state index contributed by atoms with van der Waals surface area (Å²) in [7, 11) is 0. The standard InChI is InChI=1S/C18H18BrNO5/c1-8-4-10(19)2-3-12(8)20-14(21)7-24-17(22)15-9-5-11-13(6-9)25-18(23)16(11)15/h2-4,9,11,13,15-16H,5-7H2,1H3,(H,20,21)/t9-,11+,13-,15-,16-/m1/s1. The van der Waals surface area contributed by atoms with Crippen LogP contribution in [0, 0.1) is 30.6 Å². The number of esters is 2. The van der Waals surface area contributed by atoms with Gasteiger partial charge in [0.1, 0.15) is 6.10 Å². The monoisotopic (exact) mass is 407 g/mol. The third kappa shape index (κ3) is 2.84. The molecule has 1 amide bonds. The number of halogens is 1. The van der Waals surface area contributed by atoms with Crippen LogP contribution in [-0.4, -0.2) is 30.6 Å². The van der Waals surface area contributed by atoms with Gasteiger partial charge in [0.05, 0.1) is 11.8 Å². The maximum absolute atomic E-state index is 12.4. The molecule has 4 rings (SSSR count). The number of aryl methyl sites for hydroxylation is 1. The van der Waals surface area contributed by atoms with Crippen LogP contribution in [0.1, 0.15) is 18.4 Å². The number of carbonyl (C=O) groups is 3. The SMILES string of the molecule is Cc1cc(Br)ccc1NC(=O)COC(=O)[C@@H]1[C@@H]2C[C@@H]3[C@H]1C(=O)O[C@@H]3C2. The largest absolute Gasteiger partial charge is 0.462 e. The van der Waals surface area contributed by atoms with Crippen molar-refractivity contribution in [3.63, 3.8) is 0 Å². The van der Waals surface area contributed by atoms with Gasteiger partial charge in [0, 0.05) is 16.1 Å². The lowest BCUT2D eigenvalue weighted by Crippen LogP contribution is -2.35. The normalized spacial score (nSPS) is 31.8. The molecule has 0 radical (unpaired) electrons. The Labute approximate surface area is 153 Å². The third-order valence-corrected chi connectivity index (χ3v) is 6.06. The quantitative estimate of drug-likeness (QED) is 0.775. The van der Waals surface area contributed by atoms with Gasteiger partial charge >= 0.3 is 11.9 Å². The molecule has 2 aliphatic carbocycles. The van der Waals surface area contributed by atoms with Crippen molar-refractivity contribution >= 4 is 39.5 Å². The highest BCUT2D eigenvalue weighted by Crippen LogP contribution is 2.57. The highest BCUT2D eigenvalue weighted by atomic mass is 79.9. The molecule has 1 saturated heterocycles. The van der Waals surface area contributed by atoms with E-state index in [9.17, 15) is 14.4 Å². The summed E-state index contributed by atoms with van der Waals surface area (Å²) < 4.78 is 11.4. The van der Waals surface area contributed by atoms with Crippen molar-refractivity contribution in [1.29, 1.82) is 0 Å². The molecule has 1 aromatic rings. The van der Waals surface area contributed by atoms with E-state index in [4.69, 9.17) is 9.47 Å². The molecule has 3 aliphatic rings. The number of fused-ring (bicyclic) bond motifs is 1. The Morgan fingerprint density at radius 3 is 2.92 bits per heavy atom. The summed E-state index contributed by atoms with van der Waals surface area (Å²) in [5.41, 5.74) is 1.58. The topological polar surface area (TPSA) is 81.7 Å². The first-order valence-electron chi connectivity index (χ1n) is 8.37. The van der Waals surface area contributed by atoms with E-state index in [0.29, 0.717) is 5.69 Å². The number of carbonyl (C=O) groups excluding carboxylic acids is 3. The van der Waals surface area contributed by atoms with Crippen LogP contribution in [0.4, 0.5) is 5.69 Å². The van der Waals surface area contributed by atoms with Gasteiger partial charge in [0.25, 0.3) is 5.91 Å². The van der Waals surface area contributed by atoms with Crippen LogP contribution in [0.25, 0.3) is 0 Å². The molecule has 25 heavy (non-hydrogen) atoms. The van der Waals surface area contributed by atoms with Crippen LogP contribution in [0.3, 0.4) is 0 Å². The van der Waals surface area contributed by atoms with Gasteiger partial charge in [0.15, 0.2) is 6.61 Å². The molecule has 5 atom stereocenters. The molecule has 132 valence electrons. The predicted molar refractivity (Wildman–Crippen MR) is 91.5 cm³/mol. The van der Waals surface area contributed by atoms with E-state index in [0.717, 1.165) is 22.9 Å². The van der Waals surface area contributed by atoms with Crippen LogP contribution in [0.2, 0.25) is 0 Å². The molecule has 2 bridgehead atoms. The predicted octanol–water partition coefficient (Wildman–Crippen LogP) is 2.44. The first kappa shape index (κ1) is 16.6. The molecular weight excluding hydrogens is 390 g/mol. The minimum atomic E-state index is -0.461. The fourth-order valence-electron chi connectivity index (χ4n) is 4.51. The summed E-state index contributed by atoms with van der Waals surface area (Å²) in [6, 6.07) is 5.49. The first-order valence-corrected chi connectivity index (χ1v) is 9.16. The average Bonchev–Trinajstić information content (AvgIpc) is 3.17. The van der Waals surface area contributed by atoms with E-state index in [1.807, 2.05) is 19.1 Å². The van der Waals surface area contributed by atoms with E-state index in [2.05, 4.69) is 21.2 Å². The average molecular weight is 408 g/mol. The van der Waals surface area contributed by atoms with E-state index in [1.165, 1.54) is 0 Å². The molecule has 3 fully saturated rings. The highest BCUT2D eigenvalue weighted by molar-refractivity contribution is 9.10. The highest BCUT2D eigenvalue weighted by Gasteiger charge is 2.64. The molecule has 1 aromatic carbocycles. The number of hydrogen-bond donors (Lipinski definition) is 1. The number of amides is 1. The zero-order valence-electron chi connectivity index (χ0n) is 13.7. The van der Waals surface area contributed by atoms with Crippen LogP contribution < -0.4 is 5.32 Å². The molecule has 0 aromatic heterocycles. The van der Waals surface area contributed by atoms with Crippen molar-refractivity contribution in [2.75, 3.05) is 11.9 Å². The number of rotatable bonds is 4. The maximum atomic E-state index is 12.4. The van der Waals surface area contributed by atoms with Gasteiger partial charge in [-0.05, 0) is 49.4 Å². The van der Waals surface area contributed by atoms with Crippen LogP contribution in [0.15, 0.2) is 22.7 Å². The van der Waals surface area contributed by atoms with E-state index in [-0.39, 0.29) is 36.4 Å². The number of hydrogen-bond acceptors (Lipinski definition) is 5.